The second-order valence-corrected chi connectivity index (χ2v) is 6.48. The molecule has 0 saturated heterocycles. The fourth-order valence-corrected chi connectivity index (χ4v) is 3.76. The Kier molecular flexibility index (Phi) is 6.71. The van der Waals surface area contributed by atoms with Gasteiger partial charge in [0, 0.05) is 37.6 Å². The van der Waals surface area contributed by atoms with Gasteiger partial charge in [-0.15, -0.1) is 0 Å². The lowest BCUT2D eigenvalue weighted by Gasteiger charge is -2.43. The molecule has 0 atom stereocenters. The molecule has 0 bridgehead atoms. The summed E-state index contributed by atoms with van der Waals surface area (Å²) in [7, 11) is 0. The molecule has 1 aromatic heterocycles. The molecule has 1 aromatic rings. The van der Waals surface area contributed by atoms with Crippen LogP contribution in [0.1, 0.15) is 58.3 Å². The number of hydrogen-bond acceptors (Lipinski definition) is 3. The molecule has 1 aliphatic carbocycles. The normalized spacial score (nSPS) is 18.8. The van der Waals surface area contributed by atoms with E-state index in [4.69, 9.17) is 5.73 Å². The quantitative estimate of drug-likeness (QED) is 0.749. The molecule has 0 amide bonds. The zero-order valence-electron chi connectivity index (χ0n) is 13.6. The number of hydrogen-bond donors (Lipinski definition) is 1. The van der Waals surface area contributed by atoms with Crippen LogP contribution in [0.4, 0.5) is 0 Å². The fourth-order valence-electron chi connectivity index (χ4n) is 3.76. The first kappa shape index (κ1) is 16.5. The van der Waals surface area contributed by atoms with Crippen molar-refractivity contribution in [1.29, 1.82) is 0 Å². The molecule has 1 fully saturated rings. The molecule has 120 valence electrons. The summed E-state index contributed by atoms with van der Waals surface area (Å²) < 4.78 is 2.17. The number of aryl methyl sites for hydroxylation is 1. The van der Waals surface area contributed by atoms with Crippen molar-refractivity contribution in [3.63, 3.8) is 0 Å². The minimum absolute atomic E-state index is 0.265. The highest BCUT2D eigenvalue weighted by atomic mass is 15.2. The maximum Gasteiger partial charge on any atom is 0.0945 e. The van der Waals surface area contributed by atoms with Gasteiger partial charge in [-0.05, 0) is 32.2 Å². The van der Waals surface area contributed by atoms with Gasteiger partial charge in [0.25, 0.3) is 0 Å². The Morgan fingerprint density at radius 1 is 1.19 bits per heavy atom. The van der Waals surface area contributed by atoms with Gasteiger partial charge in [-0.25, -0.2) is 4.98 Å². The molecule has 4 heteroatoms. The Morgan fingerprint density at radius 3 is 2.52 bits per heavy atom. The number of nitrogens with two attached hydrogens (primary N) is 1. The second kappa shape index (κ2) is 8.54. The van der Waals surface area contributed by atoms with E-state index in [0.29, 0.717) is 0 Å². The van der Waals surface area contributed by atoms with E-state index in [1.54, 1.807) is 0 Å². The van der Waals surface area contributed by atoms with Crippen molar-refractivity contribution < 1.29 is 0 Å². The van der Waals surface area contributed by atoms with Crippen molar-refractivity contribution in [2.24, 2.45) is 5.73 Å². The first-order chi connectivity index (χ1) is 10.3. The van der Waals surface area contributed by atoms with E-state index < -0.39 is 0 Å². The SMILES string of the molecule is CCCN(CCCn1ccnc1)C1(CN)CCCCCC1. The zero-order chi connectivity index (χ0) is 15.0. The summed E-state index contributed by atoms with van der Waals surface area (Å²) in [5, 5.41) is 0. The highest BCUT2D eigenvalue weighted by Crippen LogP contribution is 2.32. The van der Waals surface area contributed by atoms with Crippen LogP contribution in [0.5, 0.6) is 0 Å². The summed E-state index contributed by atoms with van der Waals surface area (Å²) in [6.07, 6.45) is 16.2. The number of nitrogens with zero attached hydrogens (tertiary/aromatic N) is 3. The Labute approximate surface area is 129 Å². The minimum Gasteiger partial charge on any atom is -0.337 e. The molecule has 2 rings (SSSR count). The third kappa shape index (κ3) is 4.55. The molecule has 0 spiro atoms. The molecule has 2 N–H and O–H groups in total. The zero-order valence-corrected chi connectivity index (χ0v) is 13.6. The van der Waals surface area contributed by atoms with Crippen molar-refractivity contribution in [2.45, 2.75) is 70.4 Å². The molecule has 1 heterocycles. The van der Waals surface area contributed by atoms with E-state index in [1.165, 1.54) is 57.9 Å². The average Bonchev–Trinajstić information content (AvgIpc) is 2.90. The van der Waals surface area contributed by atoms with E-state index in [9.17, 15) is 0 Å². The van der Waals surface area contributed by atoms with Gasteiger partial charge < -0.3 is 10.3 Å². The molecule has 0 aromatic carbocycles. The molecular weight excluding hydrogens is 260 g/mol. The smallest absolute Gasteiger partial charge is 0.0945 e. The Balaban J connectivity index is 1.94. The van der Waals surface area contributed by atoms with Crippen LogP contribution in [0, 0.1) is 0 Å². The third-order valence-electron chi connectivity index (χ3n) is 4.98. The van der Waals surface area contributed by atoms with Crippen LogP contribution >= 0.6 is 0 Å². The molecule has 0 aliphatic heterocycles. The van der Waals surface area contributed by atoms with E-state index in [2.05, 4.69) is 27.6 Å². The largest absolute Gasteiger partial charge is 0.337 e. The maximum atomic E-state index is 6.25. The van der Waals surface area contributed by atoms with E-state index in [0.717, 1.165) is 19.6 Å². The first-order valence-corrected chi connectivity index (χ1v) is 8.71. The Morgan fingerprint density at radius 2 is 1.95 bits per heavy atom. The minimum atomic E-state index is 0.265. The van der Waals surface area contributed by atoms with Gasteiger partial charge >= 0.3 is 0 Å². The molecule has 1 saturated carbocycles. The van der Waals surface area contributed by atoms with Crippen molar-refractivity contribution in [3.05, 3.63) is 18.7 Å². The van der Waals surface area contributed by atoms with Crippen LogP contribution in [0.25, 0.3) is 0 Å². The monoisotopic (exact) mass is 292 g/mol. The van der Waals surface area contributed by atoms with Crippen LogP contribution in [0.2, 0.25) is 0 Å². The van der Waals surface area contributed by atoms with Crippen LogP contribution in [-0.4, -0.2) is 39.6 Å². The second-order valence-electron chi connectivity index (χ2n) is 6.48. The van der Waals surface area contributed by atoms with E-state index in [1.807, 2.05) is 12.5 Å². The lowest BCUT2D eigenvalue weighted by Crippen LogP contribution is -2.54. The first-order valence-electron chi connectivity index (χ1n) is 8.71. The molecule has 0 radical (unpaired) electrons. The van der Waals surface area contributed by atoms with Gasteiger partial charge in [0.15, 0.2) is 0 Å². The fraction of sp³-hybridized carbons (Fsp3) is 0.824. The Bertz CT molecular complexity index is 366. The van der Waals surface area contributed by atoms with Crippen LogP contribution in [-0.2, 0) is 6.54 Å². The van der Waals surface area contributed by atoms with Crippen molar-refractivity contribution in [1.82, 2.24) is 14.5 Å². The van der Waals surface area contributed by atoms with Crippen molar-refractivity contribution >= 4 is 0 Å². The Hall–Kier alpha value is -0.870. The lowest BCUT2D eigenvalue weighted by atomic mass is 9.87. The molecule has 21 heavy (non-hydrogen) atoms. The summed E-state index contributed by atoms with van der Waals surface area (Å²) in [5.74, 6) is 0. The van der Waals surface area contributed by atoms with Gasteiger partial charge in [-0.1, -0.05) is 32.6 Å². The van der Waals surface area contributed by atoms with Crippen LogP contribution < -0.4 is 5.73 Å². The average molecular weight is 292 g/mol. The number of aromatic nitrogens is 2. The predicted molar refractivity (Wildman–Crippen MR) is 88.2 cm³/mol. The molecule has 0 unspecified atom stereocenters. The summed E-state index contributed by atoms with van der Waals surface area (Å²) in [6, 6.07) is 0. The van der Waals surface area contributed by atoms with Gasteiger partial charge in [-0.2, -0.15) is 0 Å². The van der Waals surface area contributed by atoms with Crippen molar-refractivity contribution in [2.75, 3.05) is 19.6 Å². The van der Waals surface area contributed by atoms with Gasteiger partial charge in [0.2, 0.25) is 0 Å². The predicted octanol–water partition coefficient (Wildman–Crippen LogP) is 3.04. The summed E-state index contributed by atoms with van der Waals surface area (Å²) in [5.41, 5.74) is 6.51. The lowest BCUT2D eigenvalue weighted by molar-refractivity contribution is 0.0750. The third-order valence-corrected chi connectivity index (χ3v) is 4.98. The maximum absolute atomic E-state index is 6.25. The van der Waals surface area contributed by atoms with E-state index in [-0.39, 0.29) is 5.54 Å². The van der Waals surface area contributed by atoms with Gasteiger partial charge in [0.05, 0.1) is 6.33 Å². The highest BCUT2D eigenvalue weighted by Gasteiger charge is 2.34. The topological polar surface area (TPSA) is 47.1 Å². The number of rotatable bonds is 8. The van der Waals surface area contributed by atoms with Gasteiger partial charge in [0.1, 0.15) is 0 Å². The van der Waals surface area contributed by atoms with Crippen LogP contribution in [0.15, 0.2) is 18.7 Å². The molecule has 4 nitrogen and oxygen atoms in total. The van der Waals surface area contributed by atoms with Crippen LogP contribution in [0.3, 0.4) is 0 Å². The van der Waals surface area contributed by atoms with E-state index >= 15 is 0 Å². The standard InChI is InChI=1S/C17H32N4/c1-2-11-21(13-7-12-20-14-10-19-16-20)17(15-18)8-5-3-4-6-9-17/h10,14,16H,2-9,11-13,15,18H2,1H3. The highest BCUT2D eigenvalue weighted by molar-refractivity contribution is 4.93. The number of imidazole rings is 1. The molecular formula is C17H32N4. The van der Waals surface area contributed by atoms with Gasteiger partial charge in [-0.3, -0.25) is 4.90 Å². The summed E-state index contributed by atoms with van der Waals surface area (Å²) >= 11 is 0. The summed E-state index contributed by atoms with van der Waals surface area (Å²) in [4.78, 5) is 6.82. The summed E-state index contributed by atoms with van der Waals surface area (Å²) in [6.45, 7) is 6.49. The molecule has 1 aliphatic rings. The van der Waals surface area contributed by atoms with Crippen molar-refractivity contribution in [3.8, 4) is 0 Å².